The number of ketones is 1. The Hall–Kier alpha value is -3.58. The number of aliphatic hydroxyl groups is 1. The van der Waals surface area contributed by atoms with E-state index in [1.165, 1.54) is 13.2 Å². The van der Waals surface area contributed by atoms with Gasteiger partial charge in [0.05, 0.1) is 30.3 Å². The number of aromatic nitrogens is 2. The largest absolute Gasteiger partial charge is 0.507 e. The van der Waals surface area contributed by atoms with Crippen LogP contribution in [0, 0.1) is 0 Å². The first kappa shape index (κ1) is 24.5. The van der Waals surface area contributed by atoms with Crippen molar-refractivity contribution < 1.29 is 24.0 Å². The summed E-state index contributed by atoms with van der Waals surface area (Å²) in [4.78, 5) is 30.9. The molecule has 1 aliphatic heterocycles. The molecule has 0 radical (unpaired) electrons. The van der Waals surface area contributed by atoms with Crippen molar-refractivity contribution in [2.75, 3.05) is 13.7 Å². The van der Waals surface area contributed by atoms with Crippen LogP contribution in [0.4, 0.5) is 0 Å². The molecule has 3 aromatic rings. The number of benzene rings is 2. The number of nitrogens with zero attached hydrogens (tertiary/aromatic N) is 2. The quantitative estimate of drug-likeness (QED) is 0.207. The smallest absolute Gasteiger partial charge is 0.295 e. The van der Waals surface area contributed by atoms with Crippen molar-refractivity contribution >= 4 is 29.1 Å². The number of rotatable bonds is 8. The minimum atomic E-state index is -0.707. The highest BCUT2D eigenvalue weighted by Gasteiger charge is 2.45. The topological polar surface area (TPSA) is 86.5 Å². The second-order valence-electron chi connectivity index (χ2n) is 8.87. The van der Waals surface area contributed by atoms with Gasteiger partial charge in [-0.15, -0.1) is 0 Å². The fourth-order valence-corrected chi connectivity index (χ4v) is 4.63. The second-order valence-corrected chi connectivity index (χ2v) is 9.27. The van der Waals surface area contributed by atoms with Gasteiger partial charge in [0.1, 0.15) is 23.9 Å². The van der Waals surface area contributed by atoms with Gasteiger partial charge in [-0.05, 0) is 35.2 Å². The number of carbonyl (C=O) groups excluding carboxylic acids is 2. The van der Waals surface area contributed by atoms with Crippen LogP contribution in [-0.2, 0) is 16.1 Å². The maximum Gasteiger partial charge on any atom is 0.295 e. The van der Waals surface area contributed by atoms with Gasteiger partial charge in [0.15, 0.2) is 0 Å². The highest BCUT2D eigenvalue weighted by atomic mass is 35.5. The third-order valence-electron chi connectivity index (χ3n) is 6.30. The molecule has 1 atom stereocenters. The Bertz CT molecular complexity index is 1250. The number of likely N-dealkylation sites (tertiary alicyclic amines) is 1. The van der Waals surface area contributed by atoms with E-state index in [0.717, 1.165) is 11.1 Å². The zero-order valence-electron chi connectivity index (χ0n) is 20.0. The molecule has 1 fully saturated rings. The second kappa shape index (κ2) is 10.4. The number of H-pyrrole nitrogens is 1. The lowest BCUT2D eigenvalue weighted by Crippen LogP contribution is -2.36. The SMILES string of the molecule is COc1ccc(C(O)=C2C(=O)C(=O)N(CCC[n+]3cc[nH]c3)C2c2ccc(C(C)C)cc2)cc1Cl. The third-order valence-corrected chi connectivity index (χ3v) is 6.60. The lowest BCUT2D eigenvalue weighted by atomic mass is 9.93. The molecule has 4 rings (SSSR count). The van der Waals surface area contributed by atoms with Gasteiger partial charge in [-0.1, -0.05) is 49.7 Å². The molecule has 1 aromatic heterocycles. The monoisotopic (exact) mass is 494 g/mol. The van der Waals surface area contributed by atoms with Crippen LogP contribution in [0.3, 0.4) is 0 Å². The van der Waals surface area contributed by atoms with Crippen LogP contribution < -0.4 is 9.30 Å². The van der Waals surface area contributed by atoms with Crippen LogP contribution >= 0.6 is 11.6 Å². The van der Waals surface area contributed by atoms with E-state index >= 15 is 0 Å². The van der Waals surface area contributed by atoms with E-state index in [4.69, 9.17) is 16.3 Å². The van der Waals surface area contributed by atoms with Gasteiger partial charge in [-0.25, -0.2) is 4.57 Å². The molecule has 35 heavy (non-hydrogen) atoms. The van der Waals surface area contributed by atoms with Crippen molar-refractivity contribution in [3.05, 3.63) is 88.5 Å². The Morgan fingerprint density at radius 3 is 2.54 bits per heavy atom. The number of imidazole rings is 1. The minimum Gasteiger partial charge on any atom is -0.507 e. The van der Waals surface area contributed by atoms with Crippen LogP contribution in [-0.4, -0.2) is 40.3 Å². The number of aliphatic hydroxyl groups excluding tert-OH is 1. The number of nitrogens with one attached hydrogen (secondary N) is 1. The summed E-state index contributed by atoms with van der Waals surface area (Å²) in [5.74, 6) is -0.792. The van der Waals surface area contributed by atoms with Crippen molar-refractivity contribution in [2.45, 2.75) is 38.8 Å². The molecular weight excluding hydrogens is 466 g/mol. The van der Waals surface area contributed by atoms with Crippen molar-refractivity contribution in [3.8, 4) is 5.75 Å². The summed E-state index contributed by atoms with van der Waals surface area (Å²) in [6.07, 6.45) is 6.21. The normalized spacial score (nSPS) is 17.4. The Kier molecular flexibility index (Phi) is 7.26. The van der Waals surface area contributed by atoms with Gasteiger partial charge in [0.25, 0.3) is 11.7 Å². The van der Waals surface area contributed by atoms with Crippen LogP contribution in [0.5, 0.6) is 5.75 Å². The molecule has 1 saturated heterocycles. The summed E-state index contributed by atoms with van der Waals surface area (Å²) in [5, 5.41) is 11.5. The first-order valence-corrected chi connectivity index (χ1v) is 11.9. The van der Waals surface area contributed by atoms with Crippen molar-refractivity contribution in [3.63, 3.8) is 0 Å². The van der Waals surface area contributed by atoms with E-state index in [-0.39, 0.29) is 11.3 Å². The molecule has 0 saturated carbocycles. The molecule has 0 spiro atoms. The fourth-order valence-electron chi connectivity index (χ4n) is 4.37. The first-order chi connectivity index (χ1) is 16.8. The first-order valence-electron chi connectivity index (χ1n) is 11.6. The molecule has 0 aliphatic carbocycles. The Morgan fingerprint density at radius 1 is 1.20 bits per heavy atom. The van der Waals surface area contributed by atoms with E-state index in [9.17, 15) is 14.7 Å². The molecule has 8 heteroatoms. The minimum absolute atomic E-state index is 0.0582. The number of aromatic amines is 1. The van der Waals surface area contributed by atoms with E-state index < -0.39 is 17.7 Å². The summed E-state index contributed by atoms with van der Waals surface area (Å²) in [6.45, 7) is 5.25. The highest BCUT2D eigenvalue weighted by molar-refractivity contribution is 6.46. The number of hydrogen-bond acceptors (Lipinski definition) is 4. The molecular formula is C27H29ClN3O4+. The summed E-state index contributed by atoms with van der Waals surface area (Å²) in [6, 6.07) is 11.9. The average molecular weight is 495 g/mol. The number of hydrogen-bond donors (Lipinski definition) is 2. The molecule has 2 N–H and O–H groups in total. The van der Waals surface area contributed by atoms with Gasteiger partial charge >= 0.3 is 0 Å². The molecule has 182 valence electrons. The molecule has 1 amide bonds. The molecule has 1 unspecified atom stereocenters. The number of carbonyl (C=O) groups is 2. The maximum atomic E-state index is 13.2. The third kappa shape index (κ3) is 4.95. The molecule has 1 aliphatic rings. The van der Waals surface area contributed by atoms with E-state index in [1.807, 2.05) is 47.6 Å². The highest BCUT2D eigenvalue weighted by Crippen LogP contribution is 2.40. The number of halogens is 1. The standard InChI is InChI=1S/C27H28ClN3O4/c1-17(2)18-5-7-19(8-6-18)24-23(25(32)20-9-10-22(35-3)21(28)15-20)26(33)27(34)31(24)13-4-12-30-14-11-29-16-30/h5-11,14-17,24H,4,12-13H2,1-3H3,(H,32,33)/p+1. The molecule has 0 bridgehead atoms. The van der Waals surface area contributed by atoms with E-state index in [2.05, 4.69) is 18.8 Å². The van der Waals surface area contributed by atoms with Crippen molar-refractivity contribution in [1.29, 1.82) is 0 Å². The van der Waals surface area contributed by atoms with Crippen LogP contribution in [0.1, 0.15) is 48.9 Å². The Balaban J connectivity index is 1.75. The van der Waals surface area contributed by atoms with E-state index in [0.29, 0.717) is 41.8 Å². The number of amides is 1. The maximum absolute atomic E-state index is 13.2. The number of ether oxygens (including phenoxy) is 1. The van der Waals surface area contributed by atoms with Crippen LogP contribution in [0.2, 0.25) is 5.02 Å². The number of methoxy groups -OCH3 is 1. The molecule has 7 nitrogen and oxygen atoms in total. The average Bonchev–Trinajstić information content (AvgIpc) is 3.46. The van der Waals surface area contributed by atoms with Gasteiger partial charge in [0, 0.05) is 18.5 Å². The predicted octanol–water partition coefficient (Wildman–Crippen LogP) is 4.60. The zero-order valence-corrected chi connectivity index (χ0v) is 20.7. The fraction of sp³-hybridized carbons (Fsp3) is 0.296. The summed E-state index contributed by atoms with van der Waals surface area (Å²) >= 11 is 6.27. The zero-order chi connectivity index (χ0) is 25.1. The Labute approximate surface area is 209 Å². The number of Topliss-reactive ketones (excluding diaryl/α,β-unsaturated/α-hetero) is 1. The van der Waals surface area contributed by atoms with E-state index in [1.54, 1.807) is 17.0 Å². The van der Waals surface area contributed by atoms with Crippen LogP contribution in [0.25, 0.3) is 5.76 Å². The van der Waals surface area contributed by atoms with Crippen LogP contribution in [0.15, 0.2) is 66.8 Å². The van der Waals surface area contributed by atoms with Gasteiger partial charge in [0.2, 0.25) is 6.33 Å². The summed E-state index contributed by atoms with van der Waals surface area (Å²) in [7, 11) is 1.50. The number of aryl methyl sites for hydroxylation is 1. The lowest BCUT2D eigenvalue weighted by Gasteiger charge is -2.25. The van der Waals surface area contributed by atoms with Crippen molar-refractivity contribution in [1.82, 2.24) is 9.88 Å². The van der Waals surface area contributed by atoms with Gasteiger partial charge in [-0.3, -0.25) is 14.6 Å². The molecule has 2 aromatic carbocycles. The van der Waals surface area contributed by atoms with Gasteiger partial charge < -0.3 is 14.7 Å². The van der Waals surface area contributed by atoms with Crippen molar-refractivity contribution in [2.24, 2.45) is 0 Å². The Morgan fingerprint density at radius 2 is 1.94 bits per heavy atom. The summed E-state index contributed by atoms with van der Waals surface area (Å²) < 4.78 is 7.17. The van der Waals surface area contributed by atoms with Gasteiger partial charge in [-0.2, -0.15) is 0 Å². The summed E-state index contributed by atoms with van der Waals surface area (Å²) in [5.41, 5.74) is 2.32. The predicted molar refractivity (Wildman–Crippen MR) is 133 cm³/mol. The molecule has 2 heterocycles. The lowest BCUT2D eigenvalue weighted by molar-refractivity contribution is -0.695.